The lowest BCUT2D eigenvalue weighted by molar-refractivity contribution is -0.116. The van der Waals surface area contributed by atoms with Gasteiger partial charge in [0.1, 0.15) is 10.9 Å². The van der Waals surface area contributed by atoms with Crippen LogP contribution in [-0.2, 0) is 9.59 Å². The molecule has 8 nitrogen and oxygen atoms in total. The maximum atomic E-state index is 13.6. The number of anilines is 3. The number of carbonyl (C=O) groups is 3. The van der Waals surface area contributed by atoms with Crippen LogP contribution in [0.3, 0.4) is 0 Å². The van der Waals surface area contributed by atoms with Gasteiger partial charge in [-0.1, -0.05) is 84.1 Å². The van der Waals surface area contributed by atoms with Crippen LogP contribution in [0.1, 0.15) is 26.7 Å². The number of hydrogen-bond donors (Lipinski definition) is 3. The normalized spacial score (nSPS) is 11.8. The molecule has 5 aromatic carbocycles. The van der Waals surface area contributed by atoms with E-state index in [4.69, 9.17) is 0 Å². The standard InChI is InChI=1S/C39H33N5O3S2/c1-44(2)30-21-17-26(18-22-30)25-33(41-36(45)28-13-7-4-8-14-28)37(46)40-29-19-23-31(24-20-29)48-35(27-11-5-3-6-12-27)38(47)43-39-42-32-15-9-10-16-34(32)49-39/h3-25,35H,1-2H3,(H,40,46)(H,41,45)(H,42,43,47)/b33-25-. The van der Waals surface area contributed by atoms with Crippen LogP contribution < -0.4 is 20.9 Å². The molecule has 1 heterocycles. The molecule has 0 spiro atoms. The maximum absolute atomic E-state index is 13.6. The molecule has 0 saturated heterocycles. The molecule has 0 radical (unpaired) electrons. The predicted molar refractivity (Wildman–Crippen MR) is 201 cm³/mol. The third-order valence-electron chi connectivity index (χ3n) is 7.48. The third kappa shape index (κ3) is 8.61. The van der Waals surface area contributed by atoms with Gasteiger partial charge in [0.25, 0.3) is 11.8 Å². The molecule has 0 bridgehead atoms. The topological polar surface area (TPSA) is 103 Å². The average molecular weight is 684 g/mol. The minimum Gasteiger partial charge on any atom is -0.378 e. The number of aromatic nitrogens is 1. The second kappa shape index (κ2) is 15.5. The Morgan fingerprint density at radius 1 is 0.755 bits per heavy atom. The first-order valence-corrected chi connectivity index (χ1v) is 17.2. The smallest absolute Gasteiger partial charge is 0.272 e. The molecule has 0 saturated carbocycles. The van der Waals surface area contributed by atoms with Gasteiger partial charge in [0.2, 0.25) is 5.91 Å². The number of hydrogen-bond acceptors (Lipinski definition) is 7. The molecule has 6 rings (SSSR count). The first-order chi connectivity index (χ1) is 23.8. The van der Waals surface area contributed by atoms with E-state index in [0.717, 1.165) is 31.9 Å². The Hall–Kier alpha value is -5.71. The van der Waals surface area contributed by atoms with Crippen LogP contribution in [0.2, 0.25) is 0 Å². The SMILES string of the molecule is CN(C)c1ccc(/C=C(\NC(=O)c2ccccc2)C(=O)Nc2ccc(SC(C(=O)Nc3nc4ccccc4s3)c3ccccc3)cc2)cc1. The molecular formula is C39H33N5O3S2. The number of amides is 3. The number of benzene rings is 5. The van der Waals surface area contributed by atoms with E-state index in [1.54, 1.807) is 42.5 Å². The van der Waals surface area contributed by atoms with Crippen molar-refractivity contribution in [3.63, 3.8) is 0 Å². The summed E-state index contributed by atoms with van der Waals surface area (Å²) in [5.74, 6) is -1.05. The summed E-state index contributed by atoms with van der Waals surface area (Å²) < 4.78 is 0.999. The Morgan fingerprint density at radius 3 is 2.08 bits per heavy atom. The number of thiazole rings is 1. The van der Waals surface area contributed by atoms with Crippen molar-refractivity contribution in [3.05, 3.63) is 156 Å². The molecule has 0 fully saturated rings. The van der Waals surface area contributed by atoms with E-state index in [0.29, 0.717) is 16.4 Å². The molecular weight excluding hydrogens is 651 g/mol. The molecule has 1 atom stereocenters. The Bertz CT molecular complexity index is 2060. The lowest BCUT2D eigenvalue weighted by Gasteiger charge is -2.17. The molecule has 10 heteroatoms. The monoisotopic (exact) mass is 683 g/mol. The van der Waals surface area contributed by atoms with Crippen molar-refractivity contribution in [2.75, 3.05) is 29.6 Å². The average Bonchev–Trinajstić information content (AvgIpc) is 3.54. The fraction of sp³-hybridized carbons (Fsp3) is 0.0769. The fourth-order valence-corrected chi connectivity index (χ4v) is 6.82. The second-order valence-corrected chi connectivity index (χ2v) is 13.4. The lowest BCUT2D eigenvalue weighted by Crippen LogP contribution is -2.30. The quantitative estimate of drug-likeness (QED) is 0.0939. The number of fused-ring (bicyclic) bond motifs is 1. The van der Waals surface area contributed by atoms with E-state index in [-0.39, 0.29) is 11.6 Å². The number of rotatable bonds is 11. The number of carbonyl (C=O) groups excluding carboxylic acids is 3. The zero-order chi connectivity index (χ0) is 34.2. The largest absolute Gasteiger partial charge is 0.378 e. The van der Waals surface area contributed by atoms with Crippen LogP contribution in [0.15, 0.2) is 144 Å². The van der Waals surface area contributed by atoms with Gasteiger partial charge in [0.15, 0.2) is 5.13 Å². The zero-order valence-corrected chi connectivity index (χ0v) is 28.4. The van der Waals surface area contributed by atoms with Crippen molar-refractivity contribution in [3.8, 4) is 0 Å². The fourth-order valence-electron chi connectivity index (χ4n) is 4.93. The van der Waals surface area contributed by atoms with E-state index in [1.165, 1.54) is 23.1 Å². The molecule has 0 aliphatic heterocycles. The third-order valence-corrected chi connectivity index (χ3v) is 9.70. The van der Waals surface area contributed by atoms with Crippen LogP contribution in [0.25, 0.3) is 16.3 Å². The highest BCUT2D eigenvalue weighted by molar-refractivity contribution is 8.00. The highest BCUT2D eigenvalue weighted by Crippen LogP contribution is 2.37. The number of nitrogens with one attached hydrogen (secondary N) is 3. The summed E-state index contributed by atoms with van der Waals surface area (Å²) in [6, 6.07) is 41.0. The number of nitrogens with zero attached hydrogens (tertiary/aromatic N) is 2. The molecule has 3 amide bonds. The van der Waals surface area contributed by atoms with E-state index in [1.807, 2.05) is 116 Å². The van der Waals surface area contributed by atoms with Crippen LogP contribution in [0, 0.1) is 0 Å². The van der Waals surface area contributed by atoms with Crippen LogP contribution in [-0.4, -0.2) is 36.8 Å². The van der Waals surface area contributed by atoms with Gasteiger partial charge in [-0.05, 0) is 77.9 Å². The molecule has 49 heavy (non-hydrogen) atoms. The Kier molecular flexibility index (Phi) is 10.5. The van der Waals surface area contributed by atoms with Gasteiger partial charge in [-0.3, -0.25) is 14.4 Å². The van der Waals surface area contributed by atoms with Crippen molar-refractivity contribution in [1.29, 1.82) is 0 Å². The van der Waals surface area contributed by atoms with E-state index >= 15 is 0 Å². The molecule has 6 aromatic rings. The summed E-state index contributed by atoms with van der Waals surface area (Å²) in [6.45, 7) is 0. The van der Waals surface area contributed by atoms with Gasteiger partial charge in [-0.15, -0.1) is 11.8 Å². The number of thioether (sulfide) groups is 1. The predicted octanol–water partition coefficient (Wildman–Crippen LogP) is 8.24. The van der Waals surface area contributed by atoms with Gasteiger partial charge in [0.05, 0.1) is 10.2 Å². The molecule has 3 N–H and O–H groups in total. The first kappa shape index (κ1) is 33.2. The summed E-state index contributed by atoms with van der Waals surface area (Å²) in [5, 5.41) is 8.69. The van der Waals surface area contributed by atoms with Gasteiger partial charge < -0.3 is 20.9 Å². The Labute approximate surface area is 292 Å². The summed E-state index contributed by atoms with van der Waals surface area (Å²) >= 11 is 2.83. The summed E-state index contributed by atoms with van der Waals surface area (Å²) in [4.78, 5) is 47.6. The van der Waals surface area contributed by atoms with Crippen molar-refractivity contribution in [2.24, 2.45) is 0 Å². The molecule has 1 aromatic heterocycles. The van der Waals surface area contributed by atoms with Crippen LogP contribution >= 0.6 is 23.1 Å². The van der Waals surface area contributed by atoms with Gasteiger partial charge in [0, 0.05) is 35.9 Å². The highest BCUT2D eigenvalue weighted by Gasteiger charge is 2.23. The van der Waals surface area contributed by atoms with Gasteiger partial charge in [-0.25, -0.2) is 4.98 Å². The highest BCUT2D eigenvalue weighted by atomic mass is 32.2. The van der Waals surface area contributed by atoms with Crippen molar-refractivity contribution in [2.45, 2.75) is 10.1 Å². The summed E-state index contributed by atoms with van der Waals surface area (Å²) in [7, 11) is 3.91. The van der Waals surface area contributed by atoms with E-state index in [2.05, 4.69) is 20.9 Å². The van der Waals surface area contributed by atoms with Gasteiger partial charge >= 0.3 is 0 Å². The van der Waals surface area contributed by atoms with Gasteiger partial charge in [-0.2, -0.15) is 0 Å². The Balaban J connectivity index is 1.18. The van der Waals surface area contributed by atoms with Crippen molar-refractivity contribution in [1.82, 2.24) is 10.3 Å². The summed E-state index contributed by atoms with van der Waals surface area (Å²) in [5.41, 5.74) is 4.53. The van der Waals surface area contributed by atoms with Crippen LogP contribution in [0.4, 0.5) is 16.5 Å². The Morgan fingerprint density at radius 2 is 1.41 bits per heavy atom. The molecule has 0 aliphatic rings. The number of para-hydroxylation sites is 1. The first-order valence-electron chi connectivity index (χ1n) is 15.5. The zero-order valence-electron chi connectivity index (χ0n) is 26.8. The minimum atomic E-state index is -0.546. The maximum Gasteiger partial charge on any atom is 0.272 e. The summed E-state index contributed by atoms with van der Waals surface area (Å²) in [6.07, 6.45) is 1.65. The molecule has 0 aliphatic carbocycles. The van der Waals surface area contributed by atoms with Crippen molar-refractivity contribution >= 4 is 73.6 Å². The van der Waals surface area contributed by atoms with Crippen molar-refractivity contribution < 1.29 is 14.4 Å². The molecule has 244 valence electrons. The lowest BCUT2D eigenvalue weighted by atomic mass is 10.1. The minimum absolute atomic E-state index is 0.0977. The second-order valence-electron chi connectivity index (χ2n) is 11.2. The van der Waals surface area contributed by atoms with E-state index in [9.17, 15) is 14.4 Å². The van der Waals surface area contributed by atoms with E-state index < -0.39 is 17.1 Å². The van der Waals surface area contributed by atoms with Crippen LogP contribution in [0.5, 0.6) is 0 Å². The molecule has 1 unspecified atom stereocenters.